The number of rotatable bonds is 6. The summed E-state index contributed by atoms with van der Waals surface area (Å²) in [6.07, 6.45) is 1.90. The molecule has 1 rings (SSSR count). The molecule has 1 fully saturated rings. The zero-order valence-corrected chi connectivity index (χ0v) is 13.6. The zero-order valence-electron chi connectivity index (χ0n) is 13.6. The highest BCUT2D eigenvalue weighted by atomic mass is 16.5. The standard InChI is InChI=1S/C15H28N2O4/c1-5-12(2)17(10-11-21-4)14(20)16-8-6-15(3,7-9-16)13(18)19/h12H,5-11H2,1-4H3,(H,18,19). The van der Waals surface area contributed by atoms with Gasteiger partial charge in [-0.25, -0.2) is 4.79 Å². The number of amides is 2. The van der Waals surface area contributed by atoms with Gasteiger partial charge in [-0.1, -0.05) is 6.92 Å². The van der Waals surface area contributed by atoms with Crippen LogP contribution in [-0.2, 0) is 9.53 Å². The van der Waals surface area contributed by atoms with Crippen molar-refractivity contribution in [1.82, 2.24) is 9.80 Å². The molecule has 21 heavy (non-hydrogen) atoms. The molecule has 2 amide bonds. The van der Waals surface area contributed by atoms with Crippen LogP contribution in [0.15, 0.2) is 0 Å². The molecule has 6 nitrogen and oxygen atoms in total. The van der Waals surface area contributed by atoms with Crippen molar-refractivity contribution < 1.29 is 19.4 Å². The van der Waals surface area contributed by atoms with Crippen LogP contribution in [0.25, 0.3) is 0 Å². The van der Waals surface area contributed by atoms with Crippen LogP contribution in [-0.4, -0.2) is 66.3 Å². The first kappa shape index (κ1) is 17.8. The minimum atomic E-state index is -0.771. The second-order valence-electron chi connectivity index (χ2n) is 6.08. The number of aliphatic carboxylic acids is 1. The Bertz CT molecular complexity index is 365. The highest BCUT2D eigenvalue weighted by Gasteiger charge is 2.39. The van der Waals surface area contributed by atoms with Crippen LogP contribution in [0.5, 0.6) is 0 Å². The SMILES string of the molecule is CCC(C)N(CCOC)C(=O)N1CCC(C)(C(=O)O)CC1. The number of hydrogen-bond acceptors (Lipinski definition) is 3. The Labute approximate surface area is 127 Å². The number of likely N-dealkylation sites (tertiary alicyclic amines) is 1. The van der Waals surface area contributed by atoms with Crippen molar-refractivity contribution in [2.45, 2.75) is 46.1 Å². The topological polar surface area (TPSA) is 70.1 Å². The Kier molecular flexibility index (Phi) is 6.45. The van der Waals surface area contributed by atoms with Crippen LogP contribution in [0.2, 0.25) is 0 Å². The van der Waals surface area contributed by atoms with E-state index in [-0.39, 0.29) is 12.1 Å². The van der Waals surface area contributed by atoms with Gasteiger partial charge in [0.15, 0.2) is 0 Å². The molecule has 1 N–H and O–H groups in total. The number of urea groups is 1. The smallest absolute Gasteiger partial charge is 0.320 e. The molecule has 0 aromatic carbocycles. The average Bonchev–Trinajstić information content (AvgIpc) is 2.47. The van der Waals surface area contributed by atoms with Crippen molar-refractivity contribution in [3.63, 3.8) is 0 Å². The van der Waals surface area contributed by atoms with E-state index >= 15 is 0 Å². The first-order valence-electron chi connectivity index (χ1n) is 7.63. The fourth-order valence-electron chi connectivity index (χ4n) is 2.50. The molecule has 0 spiro atoms. The van der Waals surface area contributed by atoms with Crippen molar-refractivity contribution in [2.75, 3.05) is 33.4 Å². The minimum Gasteiger partial charge on any atom is -0.481 e. The fraction of sp³-hybridized carbons (Fsp3) is 0.867. The third-order valence-corrected chi connectivity index (χ3v) is 4.56. The molecule has 0 aromatic rings. The van der Waals surface area contributed by atoms with Gasteiger partial charge >= 0.3 is 12.0 Å². The molecule has 0 aliphatic carbocycles. The number of nitrogens with zero attached hydrogens (tertiary/aromatic N) is 2. The molecule has 122 valence electrons. The molecule has 6 heteroatoms. The van der Waals surface area contributed by atoms with Crippen molar-refractivity contribution in [3.05, 3.63) is 0 Å². The lowest BCUT2D eigenvalue weighted by Crippen LogP contribution is -2.52. The molecule has 1 atom stereocenters. The van der Waals surface area contributed by atoms with Gasteiger partial charge in [-0.05, 0) is 33.1 Å². The van der Waals surface area contributed by atoms with Crippen LogP contribution >= 0.6 is 0 Å². The van der Waals surface area contributed by atoms with E-state index in [1.807, 2.05) is 11.8 Å². The molecule has 1 aliphatic heterocycles. The van der Waals surface area contributed by atoms with Gasteiger partial charge in [-0.3, -0.25) is 4.79 Å². The molecule has 1 unspecified atom stereocenters. The maximum absolute atomic E-state index is 12.6. The molecular weight excluding hydrogens is 272 g/mol. The Hall–Kier alpha value is -1.30. The second kappa shape index (κ2) is 7.64. The summed E-state index contributed by atoms with van der Waals surface area (Å²) in [5, 5.41) is 9.24. The fourth-order valence-corrected chi connectivity index (χ4v) is 2.50. The molecule has 0 radical (unpaired) electrons. The number of methoxy groups -OCH3 is 1. The number of ether oxygens (including phenoxy) is 1. The highest BCUT2D eigenvalue weighted by molar-refractivity contribution is 5.77. The second-order valence-corrected chi connectivity index (χ2v) is 6.08. The Morgan fingerprint density at radius 2 is 1.95 bits per heavy atom. The molecule has 0 bridgehead atoms. The summed E-state index contributed by atoms with van der Waals surface area (Å²) < 4.78 is 5.08. The Balaban J connectivity index is 2.67. The van der Waals surface area contributed by atoms with E-state index in [2.05, 4.69) is 6.92 Å². The van der Waals surface area contributed by atoms with Gasteiger partial charge < -0.3 is 19.6 Å². The van der Waals surface area contributed by atoms with Gasteiger partial charge in [0.1, 0.15) is 0 Å². The van der Waals surface area contributed by atoms with E-state index in [9.17, 15) is 14.7 Å². The van der Waals surface area contributed by atoms with Crippen molar-refractivity contribution >= 4 is 12.0 Å². The molecule has 0 saturated carbocycles. The predicted molar refractivity (Wildman–Crippen MR) is 80.3 cm³/mol. The van der Waals surface area contributed by atoms with E-state index < -0.39 is 11.4 Å². The normalized spacial score (nSPS) is 19.1. The number of piperidine rings is 1. The third-order valence-electron chi connectivity index (χ3n) is 4.56. The van der Waals surface area contributed by atoms with Gasteiger partial charge in [-0.15, -0.1) is 0 Å². The minimum absolute atomic E-state index is 0.00570. The number of carboxylic acid groups (broad SMARTS) is 1. The lowest BCUT2D eigenvalue weighted by atomic mass is 9.80. The summed E-state index contributed by atoms with van der Waals surface area (Å²) in [4.78, 5) is 27.5. The summed E-state index contributed by atoms with van der Waals surface area (Å²) in [6.45, 7) is 7.92. The molecular formula is C15H28N2O4. The maximum atomic E-state index is 12.6. The van der Waals surface area contributed by atoms with E-state index in [4.69, 9.17) is 4.74 Å². The molecule has 1 heterocycles. The largest absolute Gasteiger partial charge is 0.481 e. The molecule has 0 aromatic heterocycles. The zero-order chi connectivity index (χ0) is 16.0. The average molecular weight is 300 g/mol. The van der Waals surface area contributed by atoms with E-state index in [0.717, 1.165) is 6.42 Å². The van der Waals surface area contributed by atoms with Gasteiger partial charge in [0.2, 0.25) is 0 Å². The van der Waals surface area contributed by atoms with Crippen LogP contribution in [0.1, 0.15) is 40.0 Å². The van der Waals surface area contributed by atoms with Crippen LogP contribution in [0, 0.1) is 5.41 Å². The van der Waals surface area contributed by atoms with Crippen LogP contribution < -0.4 is 0 Å². The van der Waals surface area contributed by atoms with Crippen molar-refractivity contribution in [3.8, 4) is 0 Å². The lowest BCUT2D eigenvalue weighted by molar-refractivity contribution is -0.150. The summed E-state index contributed by atoms with van der Waals surface area (Å²) in [7, 11) is 1.62. The lowest BCUT2D eigenvalue weighted by Gasteiger charge is -2.40. The first-order chi connectivity index (χ1) is 9.85. The number of carbonyl (C=O) groups excluding carboxylic acids is 1. The third kappa shape index (κ3) is 4.33. The van der Waals surface area contributed by atoms with Gasteiger partial charge in [0.25, 0.3) is 0 Å². The maximum Gasteiger partial charge on any atom is 0.320 e. The van der Waals surface area contributed by atoms with E-state index in [1.165, 1.54) is 0 Å². The van der Waals surface area contributed by atoms with E-state index in [1.54, 1.807) is 18.9 Å². The van der Waals surface area contributed by atoms with Crippen molar-refractivity contribution in [2.24, 2.45) is 5.41 Å². The summed E-state index contributed by atoms with van der Waals surface area (Å²) >= 11 is 0. The number of carbonyl (C=O) groups is 2. The summed E-state index contributed by atoms with van der Waals surface area (Å²) in [5.41, 5.74) is -0.704. The number of carboxylic acids is 1. The highest BCUT2D eigenvalue weighted by Crippen LogP contribution is 2.31. The van der Waals surface area contributed by atoms with E-state index in [0.29, 0.717) is 39.1 Å². The van der Waals surface area contributed by atoms with Crippen LogP contribution in [0.4, 0.5) is 4.79 Å². The Morgan fingerprint density at radius 3 is 2.38 bits per heavy atom. The van der Waals surface area contributed by atoms with Crippen LogP contribution in [0.3, 0.4) is 0 Å². The number of hydrogen-bond donors (Lipinski definition) is 1. The van der Waals surface area contributed by atoms with Crippen molar-refractivity contribution in [1.29, 1.82) is 0 Å². The predicted octanol–water partition coefficient (Wildman–Crippen LogP) is 2.04. The first-order valence-corrected chi connectivity index (χ1v) is 7.63. The van der Waals surface area contributed by atoms with Gasteiger partial charge in [0.05, 0.1) is 12.0 Å². The molecule has 1 aliphatic rings. The van der Waals surface area contributed by atoms with Gasteiger partial charge in [0, 0.05) is 32.8 Å². The monoisotopic (exact) mass is 300 g/mol. The quantitative estimate of drug-likeness (QED) is 0.815. The summed E-state index contributed by atoms with van der Waals surface area (Å²) in [6, 6.07) is 0.147. The summed E-state index contributed by atoms with van der Waals surface area (Å²) in [5.74, 6) is -0.771. The Morgan fingerprint density at radius 1 is 1.38 bits per heavy atom. The molecule has 1 saturated heterocycles. The van der Waals surface area contributed by atoms with Gasteiger partial charge in [-0.2, -0.15) is 0 Å².